The summed E-state index contributed by atoms with van der Waals surface area (Å²) in [6.07, 6.45) is 0. The molecule has 0 atom stereocenters. The first kappa shape index (κ1) is 11.6. The van der Waals surface area contributed by atoms with Gasteiger partial charge in [0.15, 0.2) is 0 Å². The monoisotopic (exact) mass is 299 g/mol. The Hall–Kier alpha value is -0.870. The van der Waals surface area contributed by atoms with E-state index >= 15 is 0 Å². The fourth-order valence-electron chi connectivity index (χ4n) is 1.39. The van der Waals surface area contributed by atoms with Crippen molar-refractivity contribution in [3.05, 3.63) is 50.4 Å². The molecule has 2 rings (SSSR count). The lowest BCUT2D eigenvalue weighted by atomic mass is 10.2. The summed E-state index contributed by atoms with van der Waals surface area (Å²) in [5, 5.41) is 5.14. The van der Waals surface area contributed by atoms with Gasteiger partial charge in [0.1, 0.15) is 5.82 Å². The number of aryl methyl sites for hydroxylation is 1. The minimum Gasteiger partial charge on any atom is -0.378 e. The number of anilines is 1. The number of nitrogens with one attached hydrogen (secondary N) is 1. The Balaban J connectivity index is 2.08. The molecule has 0 saturated heterocycles. The number of hydrogen-bond acceptors (Lipinski definition) is 2. The van der Waals surface area contributed by atoms with Crippen LogP contribution in [-0.4, -0.2) is 0 Å². The van der Waals surface area contributed by atoms with E-state index in [0.717, 1.165) is 4.47 Å². The second-order valence-corrected chi connectivity index (χ2v) is 5.42. The molecule has 1 aromatic carbocycles. The smallest absolute Gasteiger partial charge is 0.147 e. The number of benzene rings is 1. The molecule has 0 bridgehead atoms. The first-order valence-corrected chi connectivity index (χ1v) is 6.56. The normalized spacial score (nSPS) is 10.4. The van der Waals surface area contributed by atoms with Crippen molar-refractivity contribution >= 4 is 33.0 Å². The van der Waals surface area contributed by atoms with Gasteiger partial charge in [-0.05, 0) is 42.1 Å². The molecule has 4 heteroatoms. The number of rotatable bonds is 3. The predicted molar refractivity (Wildman–Crippen MR) is 70.5 cm³/mol. The summed E-state index contributed by atoms with van der Waals surface area (Å²) in [6, 6.07) is 7.10. The number of thiophene rings is 1. The number of halogens is 2. The van der Waals surface area contributed by atoms with Crippen LogP contribution in [0.1, 0.15) is 10.4 Å². The van der Waals surface area contributed by atoms with E-state index in [-0.39, 0.29) is 5.82 Å². The Morgan fingerprint density at radius 1 is 1.38 bits per heavy atom. The minimum absolute atomic E-state index is 0.233. The molecule has 0 radical (unpaired) electrons. The zero-order valence-electron chi connectivity index (χ0n) is 8.76. The van der Waals surface area contributed by atoms with Crippen molar-refractivity contribution in [2.45, 2.75) is 13.5 Å². The van der Waals surface area contributed by atoms with Crippen LogP contribution in [-0.2, 0) is 6.54 Å². The summed E-state index contributed by atoms with van der Waals surface area (Å²) in [5.74, 6) is -0.233. The maximum absolute atomic E-state index is 13.5. The van der Waals surface area contributed by atoms with Gasteiger partial charge in [0.25, 0.3) is 0 Å². The maximum Gasteiger partial charge on any atom is 0.147 e. The molecule has 0 unspecified atom stereocenters. The molecule has 1 N–H and O–H groups in total. The maximum atomic E-state index is 13.5. The van der Waals surface area contributed by atoms with Gasteiger partial charge in [-0.15, -0.1) is 11.3 Å². The van der Waals surface area contributed by atoms with Crippen LogP contribution in [0.25, 0.3) is 0 Å². The third-order valence-corrected chi connectivity index (χ3v) is 3.85. The van der Waals surface area contributed by atoms with E-state index in [4.69, 9.17) is 0 Å². The highest BCUT2D eigenvalue weighted by molar-refractivity contribution is 9.10. The highest BCUT2D eigenvalue weighted by atomic mass is 79.9. The van der Waals surface area contributed by atoms with Crippen molar-refractivity contribution in [1.29, 1.82) is 0 Å². The molecule has 2 aromatic rings. The Kier molecular flexibility index (Phi) is 3.61. The van der Waals surface area contributed by atoms with Crippen LogP contribution in [0.4, 0.5) is 10.1 Å². The topological polar surface area (TPSA) is 12.0 Å². The Labute approximate surface area is 106 Å². The molecule has 0 aliphatic heterocycles. The van der Waals surface area contributed by atoms with Gasteiger partial charge in [-0.1, -0.05) is 15.9 Å². The summed E-state index contributed by atoms with van der Waals surface area (Å²) in [4.78, 5) is 1.24. The highest BCUT2D eigenvalue weighted by Crippen LogP contribution is 2.22. The second kappa shape index (κ2) is 4.97. The predicted octanol–water partition coefficient (Wildman–Crippen LogP) is 4.57. The molecule has 1 heterocycles. The SMILES string of the molecule is Cc1ccsc1CNc1ccc(Br)cc1F. The average molecular weight is 300 g/mol. The first-order chi connectivity index (χ1) is 7.66. The van der Waals surface area contributed by atoms with E-state index < -0.39 is 0 Å². The summed E-state index contributed by atoms with van der Waals surface area (Å²) < 4.78 is 14.2. The van der Waals surface area contributed by atoms with Gasteiger partial charge in [0.05, 0.1) is 5.69 Å². The standard InChI is InChI=1S/C12H11BrFNS/c1-8-4-5-16-12(8)7-15-11-3-2-9(13)6-10(11)14/h2-6,15H,7H2,1H3. The summed E-state index contributed by atoms with van der Waals surface area (Å²) >= 11 is 4.92. The third kappa shape index (κ3) is 2.62. The summed E-state index contributed by atoms with van der Waals surface area (Å²) in [5.41, 5.74) is 1.78. The Morgan fingerprint density at radius 3 is 2.81 bits per heavy atom. The van der Waals surface area contributed by atoms with Gasteiger partial charge < -0.3 is 5.32 Å². The zero-order chi connectivity index (χ0) is 11.5. The highest BCUT2D eigenvalue weighted by Gasteiger charge is 2.04. The summed E-state index contributed by atoms with van der Waals surface area (Å²) in [7, 11) is 0. The molecule has 0 aliphatic rings. The molecule has 84 valence electrons. The molecular weight excluding hydrogens is 289 g/mol. The van der Waals surface area contributed by atoms with Crippen LogP contribution in [0, 0.1) is 12.7 Å². The average Bonchev–Trinajstić information content (AvgIpc) is 2.63. The Bertz CT molecular complexity index is 496. The van der Waals surface area contributed by atoms with Crippen molar-refractivity contribution < 1.29 is 4.39 Å². The third-order valence-electron chi connectivity index (χ3n) is 2.34. The van der Waals surface area contributed by atoms with Crippen molar-refractivity contribution in [2.24, 2.45) is 0 Å². The van der Waals surface area contributed by atoms with E-state index in [1.165, 1.54) is 16.5 Å². The Morgan fingerprint density at radius 2 is 2.19 bits per heavy atom. The molecule has 0 amide bonds. The van der Waals surface area contributed by atoms with Gasteiger partial charge in [0.2, 0.25) is 0 Å². The molecular formula is C12H11BrFNS. The lowest BCUT2D eigenvalue weighted by Gasteiger charge is -2.07. The van der Waals surface area contributed by atoms with Gasteiger partial charge in [-0.3, -0.25) is 0 Å². The van der Waals surface area contributed by atoms with Crippen LogP contribution in [0.2, 0.25) is 0 Å². The van der Waals surface area contributed by atoms with Crippen molar-refractivity contribution in [3.63, 3.8) is 0 Å². The first-order valence-electron chi connectivity index (χ1n) is 4.88. The van der Waals surface area contributed by atoms with E-state index in [2.05, 4.69) is 34.2 Å². The van der Waals surface area contributed by atoms with Gasteiger partial charge in [0, 0.05) is 15.9 Å². The van der Waals surface area contributed by atoms with Crippen molar-refractivity contribution in [2.75, 3.05) is 5.32 Å². The van der Waals surface area contributed by atoms with Crippen LogP contribution in [0.5, 0.6) is 0 Å². The fourth-order valence-corrected chi connectivity index (χ4v) is 2.57. The lowest BCUT2D eigenvalue weighted by Crippen LogP contribution is -2.00. The van der Waals surface area contributed by atoms with Crippen LogP contribution in [0.15, 0.2) is 34.1 Å². The molecule has 1 nitrogen and oxygen atoms in total. The minimum atomic E-state index is -0.233. The lowest BCUT2D eigenvalue weighted by molar-refractivity contribution is 0.629. The van der Waals surface area contributed by atoms with Crippen molar-refractivity contribution in [3.8, 4) is 0 Å². The largest absolute Gasteiger partial charge is 0.378 e. The zero-order valence-corrected chi connectivity index (χ0v) is 11.2. The van der Waals surface area contributed by atoms with Gasteiger partial charge in [-0.2, -0.15) is 0 Å². The van der Waals surface area contributed by atoms with Gasteiger partial charge in [-0.25, -0.2) is 4.39 Å². The second-order valence-electron chi connectivity index (χ2n) is 3.50. The molecule has 0 fully saturated rings. The molecule has 0 spiro atoms. The van der Waals surface area contributed by atoms with Crippen LogP contribution >= 0.6 is 27.3 Å². The quantitative estimate of drug-likeness (QED) is 0.875. The summed E-state index contributed by atoms with van der Waals surface area (Å²) in [6.45, 7) is 2.73. The number of hydrogen-bond donors (Lipinski definition) is 1. The van der Waals surface area contributed by atoms with E-state index in [1.807, 2.05) is 11.4 Å². The molecule has 0 saturated carbocycles. The van der Waals surface area contributed by atoms with Crippen LogP contribution in [0.3, 0.4) is 0 Å². The fraction of sp³-hybridized carbons (Fsp3) is 0.167. The van der Waals surface area contributed by atoms with E-state index in [9.17, 15) is 4.39 Å². The van der Waals surface area contributed by atoms with Gasteiger partial charge >= 0.3 is 0 Å². The van der Waals surface area contributed by atoms with Crippen molar-refractivity contribution in [1.82, 2.24) is 0 Å². The van der Waals surface area contributed by atoms with Crippen LogP contribution < -0.4 is 5.32 Å². The molecule has 1 aromatic heterocycles. The molecule has 16 heavy (non-hydrogen) atoms. The molecule has 0 aliphatic carbocycles. The van der Waals surface area contributed by atoms with E-state index in [0.29, 0.717) is 12.2 Å². The van der Waals surface area contributed by atoms with E-state index in [1.54, 1.807) is 17.4 Å².